The van der Waals surface area contributed by atoms with Crippen molar-refractivity contribution < 1.29 is 14.3 Å². The third-order valence-electron chi connectivity index (χ3n) is 3.47. The molecular weight excluding hydrogens is 311 g/mol. The van der Waals surface area contributed by atoms with E-state index in [9.17, 15) is 14.3 Å². The highest BCUT2D eigenvalue weighted by atomic mass is 19.1. The number of amides is 1. The Morgan fingerprint density at radius 1 is 1.17 bits per heavy atom. The Balaban J connectivity index is 1.64. The van der Waals surface area contributed by atoms with Crippen molar-refractivity contribution in [1.82, 2.24) is 20.3 Å². The van der Waals surface area contributed by atoms with Gasteiger partial charge in [0.1, 0.15) is 5.82 Å². The number of carbonyl (C=O) groups is 1. The lowest BCUT2D eigenvalue weighted by molar-refractivity contribution is 0.0909. The van der Waals surface area contributed by atoms with E-state index in [-0.39, 0.29) is 17.8 Å². The number of halogens is 1. The van der Waals surface area contributed by atoms with Gasteiger partial charge < -0.3 is 10.4 Å². The van der Waals surface area contributed by atoms with Crippen LogP contribution in [0.2, 0.25) is 0 Å². The average Bonchev–Trinajstić information content (AvgIpc) is 3.11. The summed E-state index contributed by atoms with van der Waals surface area (Å²) in [6.45, 7) is -0.127. The molecule has 1 heterocycles. The SMILES string of the molecule is O=C(NCC(O)c1ccccc1F)c1cn(-c2ccccc2)nn1. The molecule has 2 N–H and O–H groups in total. The third-order valence-corrected chi connectivity index (χ3v) is 3.47. The Labute approximate surface area is 137 Å². The predicted molar refractivity (Wildman–Crippen MR) is 85.1 cm³/mol. The molecule has 0 aliphatic heterocycles. The van der Waals surface area contributed by atoms with E-state index in [2.05, 4.69) is 15.6 Å². The number of para-hydroxylation sites is 1. The van der Waals surface area contributed by atoms with E-state index in [1.165, 1.54) is 29.1 Å². The first-order valence-electron chi connectivity index (χ1n) is 7.33. The van der Waals surface area contributed by atoms with E-state index >= 15 is 0 Å². The van der Waals surface area contributed by atoms with Crippen molar-refractivity contribution in [3.63, 3.8) is 0 Å². The molecule has 0 saturated carbocycles. The van der Waals surface area contributed by atoms with E-state index in [1.807, 2.05) is 30.3 Å². The molecule has 6 nitrogen and oxygen atoms in total. The van der Waals surface area contributed by atoms with Crippen LogP contribution in [0.5, 0.6) is 0 Å². The number of rotatable bonds is 5. The molecule has 122 valence electrons. The largest absolute Gasteiger partial charge is 0.386 e. The Hall–Kier alpha value is -3.06. The van der Waals surface area contributed by atoms with E-state index < -0.39 is 17.8 Å². The number of nitrogens with one attached hydrogen (secondary N) is 1. The molecule has 3 rings (SSSR count). The summed E-state index contributed by atoms with van der Waals surface area (Å²) in [6.07, 6.45) is 0.347. The smallest absolute Gasteiger partial charge is 0.273 e. The summed E-state index contributed by atoms with van der Waals surface area (Å²) in [7, 11) is 0. The van der Waals surface area contributed by atoms with Gasteiger partial charge in [0.2, 0.25) is 0 Å². The van der Waals surface area contributed by atoms with Crippen LogP contribution in [0.3, 0.4) is 0 Å². The first kappa shape index (κ1) is 15.8. The van der Waals surface area contributed by atoms with Crippen molar-refractivity contribution in [3.8, 4) is 5.69 Å². The molecule has 0 spiro atoms. The van der Waals surface area contributed by atoms with E-state index in [0.29, 0.717) is 0 Å². The highest BCUT2D eigenvalue weighted by Crippen LogP contribution is 2.15. The van der Waals surface area contributed by atoms with Crippen LogP contribution in [0.25, 0.3) is 5.69 Å². The molecule has 0 fully saturated rings. The minimum atomic E-state index is -1.14. The summed E-state index contributed by atoms with van der Waals surface area (Å²) in [6, 6.07) is 15.1. The number of aliphatic hydroxyl groups is 1. The molecule has 0 radical (unpaired) electrons. The van der Waals surface area contributed by atoms with Crippen LogP contribution < -0.4 is 5.32 Å². The zero-order valence-corrected chi connectivity index (χ0v) is 12.6. The summed E-state index contributed by atoms with van der Waals surface area (Å²) in [5.41, 5.74) is 1.01. The Morgan fingerprint density at radius 3 is 2.62 bits per heavy atom. The molecule has 0 aliphatic carbocycles. The van der Waals surface area contributed by atoms with Gasteiger partial charge in [-0.3, -0.25) is 4.79 Å². The number of hydrogen-bond acceptors (Lipinski definition) is 4. The summed E-state index contributed by atoms with van der Waals surface area (Å²) in [4.78, 5) is 12.1. The van der Waals surface area contributed by atoms with Gasteiger partial charge in [-0.2, -0.15) is 0 Å². The maximum atomic E-state index is 13.6. The minimum Gasteiger partial charge on any atom is -0.386 e. The average molecular weight is 326 g/mol. The molecule has 1 aromatic heterocycles. The Kier molecular flexibility index (Phi) is 4.62. The first-order valence-corrected chi connectivity index (χ1v) is 7.33. The molecule has 1 unspecified atom stereocenters. The topological polar surface area (TPSA) is 80.0 Å². The second-order valence-corrected chi connectivity index (χ2v) is 5.13. The summed E-state index contributed by atoms with van der Waals surface area (Å²) in [5, 5.41) is 20.2. The maximum Gasteiger partial charge on any atom is 0.273 e. The number of nitrogens with zero attached hydrogens (tertiary/aromatic N) is 3. The predicted octanol–water partition coefficient (Wildman–Crippen LogP) is 1.87. The third kappa shape index (κ3) is 3.47. The highest BCUT2D eigenvalue weighted by Gasteiger charge is 2.16. The van der Waals surface area contributed by atoms with Crippen LogP contribution in [0, 0.1) is 5.82 Å². The number of aromatic nitrogens is 3. The van der Waals surface area contributed by atoms with Gasteiger partial charge in [0.25, 0.3) is 5.91 Å². The number of hydrogen-bond donors (Lipinski definition) is 2. The normalized spacial score (nSPS) is 11.9. The molecule has 0 aliphatic rings. The number of aliphatic hydroxyl groups excluding tert-OH is 1. The van der Waals surface area contributed by atoms with E-state index in [4.69, 9.17) is 0 Å². The first-order chi connectivity index (χ1) is 11.6. The second kappa shape index (κ2) is 7.01. The van der Waals surface area contributed by atoms with Gasteiger partial charge >= 0.3 is 0 Å². The Bertz CT molecular complexity index is 835. The summed E-state index contributed by atoms with van der Waals surface area (Å²) < 4.78 is 15.1. The van der Waals surface area contributed by atoms with Gasteiger partial charge in [-0.15, -0.1) is 5.10 Å². The van der Waals surface area contributed by atoms with Crippen LogP contribution in [0.1, 0.15) is 22.2 Å². The van der Waals surface area contributed by atoms with Crippen molar-refractivity contribution in [2.75, 3.05) is 6.54 Å². The van der Waals surface area contributed by atoms with E-state index in [1.54, 1.807) is 6.07 Å². The molecule has 3 aromatic rings. The molecular formula is C17H15FN4O2. The number of carbonyl (C=O) groups excluding carboxylic acids is 1. The van der Waals surface area contributed by atoms with Crippen LogP contribution in [0.4, 0.5) is 4.39 Å². The Morgan fingerprint density at radius 2 is 1.88 bits per heavy atom. The number of benzene rings is 2. The van der Waals surface area contributed by atoms with Gasteiger partial charge in [0, 0.05) is 12.1 Å². The lowest BCUT2D eigenvalue weighted by Gasteiger charge is -2.12. The van der Waals surface area contributed by atoms with Gasteiger partial charge in [-0.05, 0) is 18.2 Å². The van der Waals surface area contributed by atoms with Crippen molar-refractivity contribution >= 4 is 5.91 Å². The van der Waals surface area contributed by atoms with Crippen molar-refractivity contribution in [3.05, 3.63) is 77.9 Å². The van der Waals surface area contributed by atoms with Gasteiger partial charge in [-0.25, -0.2) is 9.07 Å². The lowest BCUT2D eigenvalue weighted by atomic mass is 10.1. The summed E-state index contributed by atoms with van der Waals surface area (Å²) >= 11 is 0. The fraction of sp³-hybridized carbons (Fsp3) is 0.118. The van der Waals surface area contributed by atoms with Crippen LogP contribution in [-0.2, 0) is 0 Å². The van der Waals surface area contributed by atoms with Crippen molar-refractivity contribution in [2.45, 2.75) is 6.10 Å². The van der Waals surface area contributed by atoms with Crippen LogP contribution >= 0.6 is 0 Å². The fourth-order valence-corrected chi connectivity index (χ4v) is 2.21. The van der Waals surface area contributed by atoms with Crippen molar-refractivity contribution in [1.29, 1.82) is 0 Å². The zero-order chi connectivity index (χ0) is 16.9. The quantitative estimate of drug-likeness (QED) is 0.750. The van der Waals surface area contributed by atoms with Crippen LogP contribution in [-0.4, -0.2) is 32.6 Å². The van der Waals surface area contributed by atoms with E-state index in [0.717, 1.165) is 5.69 Å². The van der Waals surface area contributed by atoms with Gasteiger partial charge in [-0.1, -0.05) is 41.6 Å². The molecule has 24 heavy (non-hydrogen) atoms. The molecule has 0 bridgehead atoms. The standard InChI is InChI=1S/C17H15FN4O2/c18-14-9-5-4-8-13(14)16(23)10-19-17(24)15-11-22(21-20-15)12-6-2-1-3-7-12/h1-9,11,16,23H,10H2,(H,19,24). The molecule has 1 atom stereocenters. The van der Waals surface area contributed by atoms with Crippen LogP contribution in [0.15, 0.2) is 60.8 Å². The highest BCUT2D eigenvalue weighted by molar-refractivity contribution is 5.91. The minimum absolute atomic E-state index is 0.111. The lowest BCUT2D eigenvalue weighted by Crippen LogP contribution is -2.29. The second-order valence-electron chi connectivity index (χ2n) is 5.13. The van der Waals surface area contributed by atoms with Gasteiger partial charge in [0.15, 0.2) is 5.69 Å². The fourth-order valence-electron chi connectivity index (χ4n) is 2.21. The monoisotopic (exact) mass is 326 g/mol. The molecule has 1 amide bonds. The van der Waals surface area contributed by atoms with Gasteiger partial charge in [0.05, 0.1) is 18.0 Å². The zero-order valence-electron chi connectivity index (χ0n) is 12.6. The molecule has 2 aromatic carbocycles. The summed E-state index contributed by atoms with van der Waals surface area (Å²) in [5.74, 6) is -1.01. The maximum absolute atomic E-state index is 13.6. The molecule has 0 saturated heterocycles. The molecule has 7 heteroatoms. The van der Waals surface area contributed by atoms with Crippen molar-refractivity contribution in [2.24, 2.45) is 0 Å².